The minimum absolute atomic E-state index is 0.235. The highest BCUT2D eigenvalue weighted by Gasteiger charge is 2.09. The van der Waals surface area contributed by atoms with Crippen molar-refractivity contribution in [3.63, 3.8) is 0 Å². The Morgan fingerprint density at radius 1 is 0.893 bits per heavy atom. The average molecular weight is 389 g/mol. The fourth-order valence-electron chi connectivity index (χ4n) is 2.91. The van der Waals surface area contributed by atoms with Gasteiger partial charge in [-0.3, -0.25) is 0 Å². The van der Waals surface area contributed by atoms with E-state index in [0.29, 0.717) is 0 Å². The smallest absolute Gasteiger partial charge is 0.153 e. The van der Waals surface area contributed by atoms with Crippen LogP contribution in [0.2, 0.25) is 0 Å². The van der Waals surface area contributed by atoms with E-state index in [1.807, 2.05) is 23.4 Å². The summed E-state index contributed by atoms with van der Waals surface area (Å²) in [5, 5.41) is 1.97. The van der Waals surface area contributed by atoms with Crippen LogP contribution in [0, 0.1) is 30.4 Å². The second kappa shape index (κ2) is 8.71. The first-order valence-corrected chi connectivity index (χ1v) is 9.21. The zero-order chi connectivity index (χ0) is 20.1. The Labute approximate surface area is 168 Å². The number of halogens is 2. The Morgan fingerprint density at radius 3 is 2.14 bits per heavy atom. The highest BCUT2D eigenvalue weighted by atomic mass is 32.1. The van der Waals surface area contributed by atoms with Crippen LogP contribution in [0.3, 0.4) is 0 Å². The molecule has 0 saturated carbocycles. The molecule has 3 aromatic carbocycles. The number of aliphatic imine (C=N–C) groups is 1. The molecule has 0 aliphatic heterocycles. The van der Waals surface area contributed by atoms with E-state index >= 15 is 0 Å². The number of benzene rings is 3. The van der Waals surface area contributed by atoms with Crippen LogP contribution >= 0.6 is 12.2 Å². The fraction of sp³-hybridized carbons (Fsp3) is 0.125. The summed E-state index contributed by atoms with van der Waals surface area (Å²) in [4.78, 5) is 3.40. The van der Waals surface area contributed by atoms with Crippen molar-refractivity contribution in [2.24, 2.45) is 4.99 Å². The van der Waals surface area contributed by atoms with Gasteiger partial charge in [-0.1, -0.05) is 54.7 Å². The number of hydrogen-bond acceptors (Lipinski definition) is 2. The normalized spacial score (nSPS) is 10.0. The topological polar surface area (TPSA) is 12.4 Å². The van der Waals surface area contributed by atoms with Gasteiger partial charge in [0.1, 0.15) is 5.69 Å². The molecule has 0 aliphatic carbocycles. The highest BCUT2D eigenvalue weighted by molar-refractivity contribution is 7.78. The molecule has 0 heterocycles. The lowest BCUT2D eigenvalue weighted by molar-refractivity contribution is 0.587. The van der Waals surface area contributed by atoms with Crippen molar-refractivity contribution in [3.05, 3.63) is 88.5 Å². The average Bonchev–Trinajstić information content (AvgIpc) is 2.69. The van der Waals surface area contributed by atoms with Gasteiger partial charge in [-0.2, -0.15) is 4.99 Å². The van der Waals surface area contributed by atoms with E-state index in [-0.39, 0.29) is 5.56 Å². The molecule has 4 heteroatoms. The molecule has 0 amide bonds. The number of thiocarbonyl (C=S) groups is 1. The monoisotopic (exact) mass is 389 g/mol. The van der Waals surface area contributed by atoms with Gasteiger partial charge in [-0.25, -0.2) is 8.78 Å². The minimum atomic E-state index is -0.814. The molecule has 1 nitrogen and oxygen atoms in total. The number of hydrogen-bond donors (Lipinski definition) is 0. The second-order valence-electron chi connectivity index (χ2n) is 6.33. The third kappa shape index (κ3) is 4.40. The molecule has 0 aromatic heterocycles. The molecule has 0 bridgehead atoms. The molecular formula is C24H17F2NS. The van der Waals surface area contributed by atoms with Gasteiger partial charge in [0.25, 0.3) is 0 Å². The molecular weight excluding hydrogens is 372 g/mol. The van der Waals surface area contributed by atoms with Gasteiger partial charge in [-0.15, -0.1) is 0 Å². The van der Waals surface area contributed by atoms with Gasteiger partial charge in [0.2, 0.25) is 0 Å². The molecule has 0 aliphatic rings. The van der Waals surface area contributed by atoms with E-state index < -0.39 is 17.3 Å². The predicted molar refractivity (Wildman–Crippen MR) is 113 cm³/mol. The summed E-state index contributed by atoms with van der Waals surface area (Å²) in [5.41, 5.74) is 5.27. The lowest BCUT2D eigenvalue weighted by Gasteiger charge is -2.09. The zero-order valence-electron chi connectivity index (χ0n) is 15.5. The minimum Gasteiger partial charge on any atom is -0.204 e. The van der Waals surface area contributed by atoms with E-state index in [2.05, 4.69) is 67.2 Å². The standard InChI is InChI=1S/C24H17F2NS/c1-3-19-12-17(8-11-21(19)20-9-4-16(2)5-10-20)6-7-18-13-22(25)24(27-15-28)23(26)14-18/h4-5,8-14H,3H2,1-2H3. The van der Waals surface area contributed by atoms with Gasteiger partial charge in [-0.05, 0) is 66.5 Å². The lowest BCUT2D eigenvalue weighted by Crippen LogP contribution is -1.90. The zero-order valence-corrected chi connectivity index (χ0v) is 16.3. The molecule has 0 saturated heterocycles. The van der Waals surface area contributed by atoms with Crippen molar-refractivity contribution in [2.75, 3.05) is 0 Å². The summed E-state index contributed by atoms with van der Waals surface area (Å²) in [5.74, 6) is 4.16. The van der Waals surface area contributed by atoms with Crippen molar-refractivity contribution < 1.29 is 8.78 Å². The van der Waals surface area contributed by atoms with Crippen LogP contribution in [-0.4, -0.2) is 5.16 Å². The Hall–Kier alpha value is -3.12. The maximum Gasteiger partial charge on any atom is 0.153 e. The Morgan fingerprint density at radius 2 is 1.54 bits per heavy atom. The third-order valence-electron chi connectivity index (χ3n) is 4.37. The van der Waals surface area contributed by atoms with Crippen molar-refractivity contribution in [1.82, 2.24) is 0 Å². The van der Waals surface area contributed by atoms with Crippen molar-refractivity contribution in [1.29, 1.82) is 0 Å². The van der Waals surface area contributed by atoms with Crippen molar-refractivity contribution in [2.45, 2.75) is 20.3 Å². The fourth-order valence-corrected chi connectivity index (χ4v) is 3.00. The van der Waals surface area contributed by atoms with Gasteiger partial charge < -0.3 is 0 Å². The molecule has 0 spiro atoms. The third-order valence-corrected chi connectivity index (χ3v) is 4.47. The molecule has 3 aromatic rings. The Balaban J connectivity index is 1.94. The van der Waals surface area contributed by atoms with E-state index in [1.165, 1.54) is 11.1 Å². The van der Waals surface area contributed by atoms with Gasteiger partial charge in [0.05, 0.1) is 5.16 Å². The maximum atomic E-state index is 13.9. The molecule has 0 N–H and O–H groups in total. The predicted octanol–water partition coefficient (Wildman–Crippen LogP) is 6.64. The summed E-state index contributed by atoms with van der Waals surface area (Å²) < 4.78 is 27.8. The Bertz CT molecular complexity index is 1110. The highest BCUT2D eigenvalue weighted by Crippen LogP contribution is 2.26. The van der Waals surface area contributed by atoms with Gasteiger partial charge in [0, 0.05) is 11.1 Å². The van der Waals surface area contributed by atoms with Crippen molar-refractivity contribution >= 4 is 23.1 Å². The van der Waals surface area contributed by atoms with E-state index in [1.54, 1.807) is 0 Å². The molecule has 0 fully saturated rings. The first-order valence-electron chi connectivity index (χ1n) is 8.80. The van der Waals surface area contributed by atoms with Crippen molar-refractivity contribution in [3.8, 4) is 23.0 Å². The quantitative estimate of drug-likeness (QED) is 0.278. The summed E-state index contributed by atoms with van der Waals surface area (Å²) in [6.07, 6.45) is 0.853. The SMILES string of the molecule is CCc1cc(C#Cc2cc(F)c(N=C=S)c(F)c2)ccc1-c1ccc(C)cc1. The van der Waals surface area contributed by atoms with E-state index in [4.69, 9.17) is 0 Å². The first kappa shape index (κ1) is 19.6. The summed E-state index contributed by atoms with van der Waals surface area (Å²) in [6, 6.07) is 16.6. The maximum absolute atomic E-state index is 13.9. The van der Waals surface area contributed by atoms with E-state index in [9.17, 15) is 8.78 Å². The van der Waals surface area contributed by atoms with Crippen LogP contribution in [0.25, 0.3) is 11.1 Å². The van der Waals surface area contributed by atoms with Crippen LogP contribution in [0.5, 0.6) is 0 Å². The molecule has 0 atom stereocenters. The van der Waals surface area contributed by atoms with E-state index in [0.717, 1.165) is 35.2 Å². The van der Waals surface area contributed by atoms with Gasteiger partial charge >= 0.3 is 0 Å². The summed E-state index contributed by atoms with van der Waals surface area (Å²) in [6.45, 7) is 4.15. The number of aryl methyl sites for hydroxylation is 2. The molecule has 138 valence electrons. The van der Waals surface area contributed by atoms with Gasteiger partial charge in [0.15, 0.2) is 11.6 Å². The molecule has 28 heavy (non-hydrogen) atoms. The van der Waals surface area contributed by atoms with Crippen LogP contribution in [0.1, 0.15) is 29.2 Å². The molecule has 0 unspecified atom stereocenters. The first-order chi connectivity index (χ1) is 13.5. The summed E-state index contributed by atoms with van der Waals surface area (Å²) in [7, 11) is 0. The molecule has 0 radical (unpaired) electrons. The number of isothiocyanates is 1. The number of nitrogens with zero attached hydrogens (tertiary/aromatic N) is 1. The lowest BCUT2D eigenvalue weighted by atomic mass is 9.95. The molecule has 3 rings (SSSR count). The van der Waals surface area contributed by atoms with Crippen LogP contribution < -0.4 is 0 Å². The largest absolute Gasteiger partial charge is 0.204 e. The van der Waals surface area contributed by atoms with Crippen LogP contribution in [0.15, 0.2) is 59.6 Å². The van der Waals surface area contributed by atoms with Crippen LogP contribution in [0.4, 0.5) is 14.5 Å². The Kier molecular flexibility index (Phi) is 6.11. The number of rotatable bonds is 3. The summed E-state index contributed by atoms with van der Waals surface area (Å²) >= 11 is 4.40. The van der Waals surface area contributed by atoms with Crippen LogP contribution in [-0.2, 0) is 6.42 Å². The second-order valence-corrected chi connectivity index (χ2v) is 6.52.